The zero-order valence-corrected chi connectivity index (χ0v) is 15.0. The van der Waals surface area contributed by atoms with E-state index < -0.39 is 10.0 Å². The van der Waals surface area contributed by atoms with Crippen molar-refractivity contribution >= 4 is 34.2 Å². The van der Waals surface area contributed by atoms with Crippen molar-refractivity contribution in [1.29, 1.82) is 0 Å². The van der Waals surface area contributed by atoms with Gasteiger partial charge in [0, 0.05) is 31.7 Å². The van der Waals surface area contributed by atoms with Crippen molar-refractivity contribution in [3.05, 3.63) is 29.8 Å². The van der Waals surface area contributed by atoms with Gasteiger partial charge in [-0.25, -0.2) is 0 Å². The Hall–Kier alpha value is -1.64. The van der Waals surface area contributed by atoms with Crippen molar-refractivity contribution in [3.8, 4) is 0 Å². The maximum Gasteiger partial charge on any atom is 0.285 e. The fourth-order valence-corrected chi connectivity index (χ4v) is 4.14. The molecular formula is C15H21ClN4O3S. The predicted octanol–water partition coefficient (Wildman–Crippen LogP) is 0.439. The summed E-state index contributed by atoms with van der Waals surface area (Å²) in [6.07, 6.45) is 1.60. The van der Waals surface area contributed by atoms with Gasteiger partial charge in [-0.3, -0.25) is 4.79 Å². The average molecular weight is 373 g/mol. The van der Waals surface area contributed by atoms with E-state index in [9.17, 15) is 13.2 Å². The molecule has 0 spiro atoms. The van der Waals surface area contributed by atoms with Crippen LogP contribution < -0.4 is 5.73 Å². The van der Waals surface area contributed by atoms with Gasteiger partial charge in [0.25, 0.3) is 10.0 Å². The number of likely N-dealkylation sites (N-methyl/N-ethyl adjacent to an activating group) is 1. The van der Waals surface area contributed by atoms with Crippen LogP contribution >= 0.6 is 12.4 Å². The van der Waals surface area contributed by atoms with Gasteiger partial charge in [0.15, 0.2) is 5.84 Å². The fraction of sp³-hybridized carbons (Fsp3) is 0.467. The number of piperidine rings is 1. The minimum absolute atomic E-state index is 0. The van der Waals surface area contributed by atoms with Crippen LogP contribution in [0.5, 0.6) is 0 Å². The normalized spacial score (nSPS) is 19.2. The average Bonchev–Trinajstić information content (AvgIpc) is 2.80. The molecule has 24 heavy (non-hydrogen) atoms. The van der Waals surface area contributed by atoms with Gasteiger partial charge in [0.05, 0.1) is 6.54 Å². The van der Waals surface area contributed by atoms with Gasteiger partial charge in [-0.15, -0.1) is 16.8 Å². The molecular weight excluding hydrogens is 352 g/mol. The second kappa shape index (κ2) is 7.08. The molecule has 1 aromatic carbocycles. The van der Waals surface area contributed by atoms with Crippen LogP contribution in [-0.2, 0) is 14.8 Å². The topological polar surface area (TPSA) is 96.1 Å². The Morgan fingerprint density at radius 2 is 1.96 bits per heavy atom. The summed E-state index contributed by atoms with van der Waals surface area (Å²) in [5.41, 5.74) is 6.39. The number of halogens is 1. The van der Waals surface area contributed by atoms with Crippen LogP contribution in [0.2, 0.25) is 0 Å². The Labute approximate surface area is 148 Å². The highest BCUT2D eigenvalue weighted by atomic mass is 35.5. The van der Waals surface area contributed by atoms with E-state index >= 15 is 0 Å². The van der Waals surface area contributed by atoms with E-state index in [0.717, 1.165) is 12.8 Å². The third-order valence-corrected chi connectivity index (χ3v) is 5.56. The standard InChI is InChI=1S/C15H20N4O3S.ClH/c1-18(10-14(20)19-8-6-11(16)7-9-19)15-12-4-2-3-5-13(12)23(21,22)17-15;/h2-5,11H,6-10,16H2,1H3;1H. The summed E-state index contributed by atoms with van der Waals surface area (Å²) in [5.74, 6) is 0.284. The number of sulfonamides is 1. The SMILES string of the molecule is CN(CC(=O)N1CCC(N)CC1)C1=NS(=O)(=O)c2ccccc21.Cl. The van der Waals surface area contributed by atoms with Crippen molar-refractivity contribution in [2.45, 2.75) is 23.8 Å². The van der Waals surface area contributed by atoms with Gasteiger partial charge in [-0.2, -0.15) is 8.42 Å². The lowest BCUT2D eigenvalue weighted by atomic mass is 10.1. The summed E-state index contributed by atoms with van der Waals surface area (Å²) in [6, 6.07) is 6.82. The number of carbonyl (C=O) groups is 1. The maximum absolute atomic E-state index is 12.4. The van der Waals surface area contributed by atoms with E-state index in [2.05, 4.69) is 4.40 Å². The number of nitrogens with zero attached hydrogens (tertiary/aromatic N) is 3. The van der Waals surface area contributed by atoms with Crippen LogP contribution in [0.3, 0.4) is 0 Å². The van der Waals surface area contributed by atoms with E-state index in [-0.39, 0.29) is 35.8 Å². The monoisotopic (exact) mass is 372 g/mol. The molecule has 2 N–H and O–H groups in total. The van der Waals surface area contributed by atoms with Crippen molar-refractivity contribution in [1.82, 2.24) is 9.80 Å². The Morgan fingerprint density at radius 1 is 1.33 bits per heavy atom. The Balaban J connectivity index is 0.00000208. The Bertz CT molecular complexity index is 758. The minimum Gasteiger partial charge on any atom is -0.349 e. The third kappa shape index (κ3) is 3.55. The molecule has 3 rings (SSSR count). The van der Waals surface area contributed by atoms with Crippen LogP contribution in [0.25, 0.3) is 0 Å². The number of hydrogen-bond donors (Lipinski definition) is 1. The number of amides is 1. The van der Waals surface area contributed by atoms with Crippen LogP contribution in [-0.4, -0.2) is 62.7 Å². The molecule has 1 amide bonds. The Kier molecular flexibility index (Phi) is 5.52. The molecule has 2 aliphatic rings. The number of rotatable bonds is 2. The summed E-state index contributed by atoms with van der Waals surface area (Å²) >= 11 is 0. The summed E-state index contributed by atoms with van der Waals surface area (Å²) in [4.78, 5) is 15.9. The maximum atomic E-state index is 12.4. The Morgan fingerprint density at radius 3 is 2.62 bits per heavy atom. The molecule has 0 aliphatic carbocycles. The van der Waals surface area contributed by atoms with E-state index in [1.54, 1.807) is 35.0 Å². The molecule has 2 heterocycles. The van der Waals surface area contributed by atoms with Gasteiger partial charge in [0.1, 0.15) is 4.90 Å². The van der Waals surface area contributed by atoms with Gasteiger partial charge < -0.3 is 15.5 Å². The van der Waals surface area contributed by atoms with Crippen molar-refractivity contribution in [2.24, 2.45) is 10.1 Å². The van der Waals surface area contributed by atoms with Crippen LogP contribution in [0.4, 0.5) is 0 Å². The second-order valence-corrected chi connectivity index (χ2v) is 7.53. The summed E-state index contributed by atoms with van der Waals surface area (Å²) in [7, 11) is -1.98. The van der Waals surface area contributed by atoms with Crippen molar-refractivity contribution in [2.75, 3.05) is 26.7 Å². The number of benzene rings is 1. The number of fused-ring (bicyclic) bond motifs is 1. The molecule has 0 bridgehead atoms. The van der Waals surface area contributed by atoms with Gasteiger partial charge in [0.2, 0.25) is 5.91 Å². The molecule has 0 saturated carbocycles. The highest BCUT2D eigenvalue weighted by Crippen LogP contribution is 2.26. The van der Waals surface area contributed by atoms with Crippen LogP contribution in [0.15, 0.2) is 33.6 Å². The zero-order valence-electron chi connectivity index (χ0n) is 13.4. The van der Waals surface area contributed by atoms with E-state index in [1.807, 2.05) is 0 Å². The smallest absolute Gasteiger partial charge is 0.285 e. The third-order valence-electron chi connectivity index (χ3n) is 4.24. The first-order valence-corrected chi connectivity index (χ1v) is 9.01. The molecule has 0 unspecified atom stereocenters. The van der Waals surface area contributed by atoms with Crippen LogP contribution in [0, 0.1) is 0 Å². The van der Waals surface area contributed by atoms with Gasteiger partial charge in [-0.1, -0.05) is 12.1 Å². The highest BCUT2D eigenvalue weighted by Gasteiger charge is 2.31. The molecule has 0 atom stereocenters. The molecule has 132 valence electrons. The first-order chi connectivity index (χ1) is 10.9. The second-order valence-electron chi connectivity index (χ2n) is 5.96. The number of likely N-dealkylation sites (tertiary alicyclic amines) is 1. The summed E-state index contributed by atoms with van der Waals surface area (Å²) in [5, 5.41) is 0. The van der Waals surface area contributed by atoms with E-state index in [0.29, 0.717) is 24.5 Å². The highest BCUT2D eigenvalue weighted by molar-refractivity contribution is 7.90. The summed E-state index contributed by atoms with van der Waals surface area (Å²) < 4.78 is 28.0. The predicted molar refractivity (Wildman–Crippen MR) is 93.8 cm³/mol. The molecule has 2 aliphatic heterocycles. The molecule has 1 fully saturated rings. The minimum atomic E-state index is -3.66. The van der Waals surface area contributed by atoms with Gasteiger partial charge >= 0.3 is 0 Å². The lowest BCUT2D eigenvalue weighted by Gasteiger charge is -2.31. The van der Waals surface area contributed by atoms with Gasteiger partial charge in [-0.05, 0) is 25.0 Å². The molecule has 0 radical (unpaired) electrons. The molecule has 1 saturated heterocycles. The quantitative estimate of drug-likeness (QED) is 0.812. The zero-order chi connectivity index (χ0) is 16.6. The van der Waals surface area contributed by atoms with E-state index in [4.69, 9.17) is 5.73 Å². The molecule has 9 heteroatoms. The lowest BCUT2D eigenvalue weighted by molar-refractivity contribution is -0.132. The number of hydrogen-bond acceptors (Lipinski definition) is 5. The largest absolute Gasteiger partial charge is 0.349 e. The number of nitrogens with two attached hydrogens (primary N) is 1. The summed E-state index contributed by atoms with van der Waals surface area (Å²) in [6.45, 7) is 1.39. The lowest BCUT2D eigenvalue weighted by Crippen LogP contribution is -2.47. The van der Waals surface area contributed by atoms with E-state index in [1.165, 1.54) is 6.07 Å². The molecule has 0 aromatic heterocycles. The first-order valence-electron chi connectivity index (χ1n) is 7.57. The molecule has 7 nitrogen and oxygen atoms in total. The van der Waals surface area contributed by atoms with Crippen molar-refractivity contribution < 1.29 is 13.2 Å². The number of amidine groups is 1. The first kappa shape index (κ1) is 18.7. The molecule has 1 aromatic rings. The van der Waals surface area contributed by atoms with Crippen LogP contribution in [0.1, 0.15) is 18.4 Å². The fourth-order valence-electron chi connectivity index (χ4n) is 2.89. The van der Waals surface area contributed by atoms with Crippen molar-refractivity contribution in [3.63, 3.8) is 0 Å². The number of carbonyl (C=O) groups excluding carboxylic acids is 1.